The molecule has 0 radical (unpaired) electrons. The largest absolute Gasteiger partial charge is 0.349 e. The molecule has 102 valence electrons. The summed E-state index contributed by atoms with van der Waals surface area (Å²) < 4.78 is -0.425. The smallest absolute Gasteiger partial charge is 0.243 e. The lowest BCUT2D eigenvalue weighted by atomic mass is 10.0. The minimum atomic E-state index is -0.425. The van der Waals surface area contributed by atoms with Crippen molar-refractivity contribution in [2.24, 2.45) is 5.92 Å². The number of hydrogen-bond donors (Lipinski definition) is 2. The van der Waals surface area contributed by atoms with E-state index in [9.17, 15) is 9.59 Å². The van der Waals surface area contributed by atoms with E-state index < -0.39 is 4.75 Å². The van der Waals surface area contributed by atoms with Crippen molar-refractivity contribution < 1.29 is 9.59 Å². The molecular weight excluding hydrogens is 248 g/mol. The van der Waals surface area contributed by atoms with Crippen molar-refractivity contribution in [3.63, 3.8) is 0 Å². The second kappa shape index (κ2) is 4.44. The normalized spacial score (nSPS) is 28.7. The molecular formula is C13H22N2O2S. The number of rotatable bonds is 3. The zero-order valence-electron chi connectivity index (χ0n) is 11.5. The minimum absolute atomic E-state index is 0.0144. The molecule has 1 saturated carbocycles. The van der Waals surface area contributed by atoms with Gasteiger partial charge in [-0.25, -0.2) is 0 Å². The molecule has 0 aromatic carbocycles. The van der Waals surface area contributed by atoms with E-state index in [-0.39, 0.29) is 23.4 Å². The van der Waals surface area contributed by atoms with Gasteiger partial charge in [0, 0.05) is 11.3 Å². The van der Waals surface area contributed by atoms with Gasteiger partial charge in [-0.1, -0.05) is 13.8 Å². The molecule has 0 aromatic rings. The Bertz CT molecular complexity index is 375. The summed E-state index contributed by atoms with van der Waals surface area (Å²) in [4.78, 5) is 24.0. The van der Waals surface area contributed by atoms with Crippen LogP contribution in [0.15, 0.2) is 0 Å². The van der Waals surface area contributed by atoms with E-state index in [2.05, 4.69) is 24.5 Å². The van der Waals surface area contributed by atoms with Crippen molar-refractivity contribution in [3.05, 3.63) is 0 Å². The van der Waals surface area contributed by atoms with Crippen LogP contribution in [0.1, 0.15) is 40.5 Å². The number of carbonyl (C=O) groups is 2. The molecule has 2 fully saturated rings. The maximum atomic E-state index is 12.2. The Balaban J connectivity index is 1.94. The van der Waals surface area contributed by atoms with Gasteiger partial charge in [-0.2, -0.15) is 0 Å². The van der Waals surface area contributed by atoms with E-state index in [1.54, 1.807) is 11.8 Å². The topological polar surface area (TPSA) is 58.2 Å². The first-order valence-corrected chi connectivity index (χ1v) is 7.52. The quantitative estimate of drug-likeness (QED) is 0.813. The molecule has 1 aliphatic heterocycles. The van der Waals surface area contributed by atoms with Crippen LogP contribution in [-0.2, 0) is 9.59 Å². The molecule has 2 amide bonds. The number of hydrogen-bond acceptors (Lipinski definition) is 3. The third-order valence-corrected chi connectivity index (χ3v) is 5.45. The van der Waals surface area contributed by atoms with Gasteiger partial charge >= 0.3 is 0 Å². The molecule has 0 spiro atoms. The Morgan fingerprint density at radius 2 is 2.06 bits per heavy atom. The third kappa shape index (κ3) is 2.51. The molecule has 1 saturated heterocycles. The predicted octanol–water partition coefficient (Wildman–Crippen LogP) is 1.30. The van der Waals surface area contributed by atoms with Crippen molar-refractivity contribution >= 4 is 23.6 Å². The monoisotopic (exact) mass is 270 g/mol. The first-order chi connectivity index (χ1) is 8.27. The molecule has 5 heteroatoms. The maximum absolute atomic E-state index is 12.2. The van der Waals surface area contributed by atoms with Gasteiger partial charge in [0.25, 0.3) is 0 Å². The van der Waals surface area contributed by atoms with Crippen molar-refractivity contribution in [2.45, 2.75) is 56.9 Å². The van der Waals surface area contributed by atoms with Crippen LogP contribution in [0.5, 0.6) is 0 Å². The van der Waals surface area contributed by atoms with Gasteiger partial charge in [-0.05, 0) is 32.6 Å². The summed E-state index contributed by atoms with van der Waals surface area (Å²) in [5.41, 5.74) is -0.0144. The van der Waals surface area contributed by atoms with Crippen LogP contribution in [0.2, 0.25) is 0 Å². The Kier molecular flexibility index (Phi) is 3.38. The van der Waals surface area contributed by atoms with E-state index >= 15 is 0 Å². The van der Waals surface area contributed by atoms with Gasteiger partial charge in [0.15, 0.2) is 0 Å². The van der Waals surface area contributed by atoms with Crippen LogP contribution in [0, 0.1) is 5.92 Å². The van der Waals surface area contributed by atoms with E-state index in [0.29, 0.717) is 11.7 Å². The molecule has 1 atom stereocenters. The standard InChI is InChI=1S/C13H22N2O2S/c1-8(2)13(5-6-13)15-10(16)9-7-18-12(3,4)11(17)14-9/h8-9H,5-7H2,1-4H3,(H,14,17)(H,15,16)/t9-/m0/s1. The van der Waals surface area contributed by atoms with Crippen molar-refractivity contribution in [3.8, 4) is 0 Å². The minimum Gasteiger partial charge on any atom is -0.349 e. The zero-order valence-corrected chi connectivity index (χ0v) is 12.3. The molecule has 4 nitrogen and oxygen atoms in total. The summed E-state index contributed by atoms with van der Waals surface area (Å²) in [5.74, 6) is 1.02. The van der Waals surface area contributed by atoms with Gasteiger partial charge < -0.3 is 10.6 Å². The van der Waals surface area contributed by atoms with Crippen LogP contribution in [0.3, 0.4) is 0 Å². The lowest BCUT2D eigenvalue weighted by Crippen LogP contribution is -2.59. The molecule has 2 rings (SSSR count). The Hall–Kier alpha value is -0.710. The molecule has 1 heterocycles. The summed E-state index contributed by atoms with van der Waals surface area (Å²) in [6, 6.07) is -0.383. The van der Waals surface area contributed by atoms with Crippen molar-refractivity contribution in [1.82, 2.24) is 10.6 Å². The SMILES string of the molecule is CC(C)C1(NC(=O)[C@@H]2CSC(C)(C)C(=O)N2)CC1. The first-order valence-electron chi connectivity index (χ1n) is 6.54. The van der Waals surface area contributed by atoms with E-state index in [4.69, 9.17) is 0 Å². The molecule has 2 N–H and O–H groups in total. The summed E-state index contributed by atoms with van der Waals surface area (Å²) in [6.07, 6.45) is 2.10. The highest BCUT2D eigenvalue weighted by molar-refractivity contribution is 8.01. The average molecular weight is 270 g/mol. The van der Waals surface area contributed by atoms with Gasteiger partial charge in [0.2, 0.25) is 11.8 Å². The number of nitrogens with one attached hydrogen (secondary N) is 2. The van der Waals surface area contributed by atoms with Crippen molar-refractivity contribution in [1.29, 1.82) is 0 Å². The molecule has 0 bridgehead atoms. The second-order valence-electron chi connectivity index (χ2n) is 6.15. The van der Waals surface area contributed by atoms with Crippen LogP contribution < -0.4 is 10.6 Å². The Morgan fingerprint density at radius 3 is 2.50 bits per heavy atom. The Morgan fingerprint density at radius 1 is 1.44 bits per heavy atom. The van der Waals surface area contributed by atoms with Gasteiger partial charge in [0.05, 0.1) is 4.75 Å². The fourth-order valence-electron chi connectivity index (χ4n) is 2.19. The summed E-state index contributed by atoms with van der Waals surface area (Å²) in [5, 5.41) is 5.94. The highest BCUT2D eigenvalue weighted by atomic mass is 32.2. The molecule has 0 aromatic heterocycles. The maximum Gasteiger partial charge on any atom is 0.243 e. The molecule has 18 heavy (non-hydrogen) atoms. The van der Waals surface area contributed by atoms with Crippen LogP contribution in [0.4, 0.5) is 0 Å². The van der Waals surface area contributed by atoms with Crippen LogP contribution >= 0.6 is 11.8 Å². The third-order valence-electron chi connectivity index (χ3n) is 4.05. The number of carbonyl (C=O) groups excluding carboxylic acids is 2. The molecule has 1 aliphatic carbocycles. The van der Waals surface area contributed by atoms with E-state index in [0.717, 1.165) is 12.8 Å². The molecule has 0 unspecified atom stereocenters. The van der Waals surface area contributed by atoms with Crippen molar-refractivity contribution in [2.75, 3.05) is 5.75 Å². The van der Waals surface area contributed by atoms with Gasteiger partial charge in [-0.3, -0.25) is 9.59 Å². The Labute approximate surface area is 113 Å². The summed E-state index contributed by atoms with van der Waals surface area (Å²) in [7, 11) is 0. The number of thioether (sulfide) groups is 1. The zero-order chi connectivity index (χ0) is 13.6. The van der Waals surface area contributed by atoms with Crippen LogP contribution in [0.25, 0.3) is 0 Å². The van der Waals surface area contributed by atoms with Crippen LogP contribution in [-0.4, -0.2) is 33.9 Å². The first kappa shape index (κ1) is 13.7. The highest BCUT2D eigenvalue weighted by Crippen LogP contribution is 2.42. The summed E-state index contributed by atoms with van der Waals surface area (Å²) >= 11 is 1.55. The van der Waals surface area contributed by atoms with E-state index in [1.807, 2.05) is 13.8 Å². The fraction of sp³-hybridized carbons (Fsp3) is 0.846. The predicted molar refractivity (Wildman–Crippen MR) is 73.4 cm³/mol. The average Bonchev–Trinajstić information content (AvgIpc) is 3.03. The highest BCUT2D eigenvalue weighted by Gasteiger charge is 2.48. The lowest BCUT2D eigenvalue weighted by Gasteiger charge is -2.34. The van der Waals surface area contributed by atoms with Gasteiger partial charge in [0.1, 0.15) is 6.04 Å². The van der Waals surface area contributed by atoms with E-state index in [1.165, 1.54) is 0 Å². The molecule has 2 aliphatic rings. The number of amides is 2. The second-order valence-corrected chi connectivity index (χ2v) is 7.79. The van der Waals surface area contributed by atoms with Gasteiger partial charge in [-0.15, -0.1) is 11.8 Å². The summed E-state index contributed by atoms with van der Waals surface area (Å²) in [6.45, 7) is 8.03. The lowest BCUT2D eigenvalue weighted by molar-refractivity contribution is -0.130. The fourth-order valence-corrected chi connectivity index (χ4v) is 3.19.